The molecule has 0 aromatic carbocycles. The quantitative estimate of drug-likeness (QED) is 0.618. The van der Waals surface area contributed by atoms with Crippen LogP contribution in [0.25, 0.3) is 0 Å². The number of halogens is 4. The number of aryl methyl sites for hydroxylation is 1. The molecule has 0 aliphatic carbocycles. The summed E-state index contributed by atoms with van der Waals surface area (Å²) in [5.74, 6) is -4.20. The lowest BCUT2D eigenvalue weighted by atomic mass is 10.3. The van der Waals surface area contributed by atoms with Crippen molar-refractivity contribution in [3.05, 3.63) is 10.0 Å². The Bertz CT molecular complexity index is 368. The highest BCUT2D eigenvalue weighted by Crippen LogP contribution is 2.36. The van der Waals surface area contributed by atoms with Crippen molar-refractivity contribution in [3.8, 4) is 0 Å². The number of nitrogens with one attached hydrogen (secondary N) is 1. The fourth-order valence-electron chi connectivity index (χ4n) is 1.21. The molecule has 1 aromatic rings. The fraction of sp³-hybridized carbons (Fsp3) is 0.800. The van der Waals surface area contributed by atoms with E-state index in [9.17, 15) is 17.6 Å². The van der Waals surface area contributed by atoms with E-state index in [1.807, 2.05) is 13.8 Å². The van der Waals surface area contributed by atoms with Crippen LogP contribution in [0.3, 0.4) is 0 Å². The number of alkyl halides is 4. The van der Waals surface area contributed by atoms with Crippen LogP contribution in [-0.2, 0) is 12.3 Å². The molecule has 0 aliphatic heterocycles. The smallest absolute Gasteiger partial charge is 0.315 e. The number of rotatable bonds is 7. The number of nitrogens with zero attached hydrogens (tertiary/aromatic N) is 2. The predicted octanol–water partition coefficient (Wildman–Crippen LogP) is 2.83. The van der Waals surface area contributed by atoms with E-state index in [2.05, 4.69) is 15.5 Å². The van der Waals surface area contributed by atoms with Gasteiger partial charge in [-0.15, -0.1) is 10.2 Å². The van der Waals surface area contributed by atoms with Gasteiger partial charge in [-0.1, -0.05) is 25.2 Å². The molecule has 1 rings (SSSR count). The molecule has 0 radical (unpaired) electrons. The van der Waals surface area contributed by atoms with Gasteiger partial charge in [0, 0.05) is 12.5 Å². The maximum atomic E-state index is 12.9. The average molecular weight is 285 g/mol. The van der Waals surface area contributed by atoms with Crippen molar-refractivity contribution in [1.29, 1.82) is 0 Å². The second-order valence-corrected chi connectivity index (χ2v) is 5.20. The Morgan fingerprint density at radius 2 is 1.94 bits per heavy atom. The van der Waals surface area contributed by atoms with Crippen molar-refractivity contribution < 1.29 is 17.6 Å². The molecule has 0 bridgehead atoms. The summed E-state index contributed by atoms with van der Waals surface area (Å²) >= 11 is 0.547. The predicted molar refractivity (Wildman–Crippen MR) is 61.3 cm³/mol. The van der Waals surface area contributed by atoms with Gasteiger partial charge in [-0.2, -0.15) is 8.78 Å². The Morgan fingerprint density at radius 3 is 2.50 bits per heavy atom. The van der Waals surface area contributed by atoms with Gasteiger partial charge in [0.15, 0.2) is 5.01 Å². The van der Waals surface area contributed by atoms with E-state index >= 15 is 0 Å². The van der Waals surface area contributed by atoms with Gasteiger partial charge in [-0.25, -0.2) is 8.78 Å². The van der Waals surface area contributed by atoms with Gasteiger partial charge in [0.2, 0.25) is 0 Å². The SMILES string of the molecule is CC(C)NCCCc1nnc(C(F)(F)C(F)F)s1. The molecule has 1 heterocycles. The topological polar surface area (TPSA) is 37.8 Å². The Morgan fingerprint density at radius 1 is 1.28 bits per heavy atom. The van der Waals surface area contributed by atoms with Crippen LogP contribution < -0.4 is 5.32 Å². The molecule has 0 aliphatic rings. The molecule has 0 amide bonds. The Labute approximate surface area is 107 Å². The first-order valence-corrected chi connectivity index (χ1v) is 6.38. The minimum Gasteiger partial charge on any atom is -0.315 e. The maximum absolute atomic E-state index is 12.9. The van der Waals surface area contributed by atoms with Crippen LogP contribution in [0.5, 0.6) is 0 Å². The standard InChI is InChI=1S/C10H15F4N3S/c1-6(2)15-5-3-4-7-16-17-9(18-7)10(13,14)8(11)12/h6,8,15H,3-5H2,1-2H3. The van der Waals surface area contributed by atoms with Crippen LogP contribution in [0.1, 0.15) is 30.3 Å². The van der Waals surface area contributed by atoms with Crippen molar-refractivity contribution in [2.24, 2.45) is 0 Å². The molecular weight excluding hydrogens is 270 g/mol. The lowest BCUT2D eigenvalue weighted by molar-refractivity contribution is -0.135. The number of aromatic nitrogens is 2. The van der Waals surface area contributed by atoms with E-state index in [1.165, 1.54) is 0 Å². The molecule has 0 unspecified atom stereocenters. The number of hydrogen-bond acceptors (Lipinski definition) is 4. The maximum Gasteiger partial charge on any atom is 0.359 e. The van der Waals surface area contributed by atoms with E-state index in [-0.39, 0.29) is 0 Å². The molecule has 0 fully saturated rings. The van der Waals surface area contributed by atoms with Crippen LogP contribution in [0.4, 0.5) is 17.6 Å². The fourth-order valence-corrected chi connectivity index (χ4v) is 2.07. The molecule has 0 saturated heterocycles. The van der Waals surface area contributed by atoms with Gasteiger partial charge in [0.05, 0.1) is 0 Å². The molecule has 3 nitrogen and oxygen atoms in total. The third kappa shape index (κ3) is 4.16. The normalized spacial score (nSPS) is 12.7. The Balaban J connectivity index is 2.49. The van der Waals surface area contributed by atoms with E-state index in [0.29, 0.717) is 35.2 Å². The van der Waals surface area contributed by atoms with Crippen molar-refractivity contribution in [3.63, 3.8) is 0 Å². The van der Waals surface area contributed by atoms with Crippen LogP contribution in [0.15, 0.2) is 0 Å². The monoisotopic (exact) mass is 285 g/mol. The Hall–Kier alpha value is -0.760. The summed E-state index contributed by atoms with van der Waals surface area (Å²) < 4.78 is 50.0. The van der Waals surface area contributed by atoms with Gasteiger partial charge in [-0.05, 0) is 13.0 Å². The summed E-state index contributed by atoms with van der Waals surface area (Å²) in [5.41, 5.74) is 0. The van der Waals surface area contributed by atoms with Crippen LogP contribution in [-0.4, -0.2) is 29.2 Å². The van der Waals surface area contributed by atoms with Gasteiger partial charge in [0.25, 0.3) is 0 Å². The molecular formula is C10H15F4N3S. The zero-order valence-electron chi connectivity index (χ0n) is 10.1. The molecule has 0 saturated carbocycles. The second kappa shape index (κ2) is 6.42. The molecule has 18 heavy (non-hydrogen) atoms. The van der Waals surface area contributed by atoms with Crippen molar-refractivity contribution in [2.45, 2.75) is 45.1 Å². The molecule has 1 N–H and O–H groups in total. The van der Waals surface area contributed by atoms with Crippen molar-refractivity contribution in [2.75, 3.05) is 6.54 Å². The zero-order valence-corrected chi connectivity index (χ0v) is 10.9. The van der Waals surface area contributed by atoms with Gasteiger partial charge in [0.1, 0.15) is 5.01 Å². The lowest BCUT2D eigenvalue weighted by Crippen LogP contribution is -2.23. The van der Waals surface area contributed by atoms with Gasteiger partial charge < -0.3 is 5.32 Å². The second-order valence-electron chi connectivity index (χ2n) is 4.14. The summed E-state index contributed by atoms with van der Waals surface area (Å²) in [7, 11) is 0. The van der Waals surface area contributed by atoms with Crippen molar-refractivity contribution >= 4 is 11.3 Å². The van der Waals surface area contributed by atoms with E-state index in [1.54, 1.807) is 0 Å². The molecule has 104 valence electrons. The Kier molecular flexibility index (Phi) is 5.46. The molecule has 0 spiro atoms. The van der Waals surface area contributed by atoms with Gasteiger partial charge >= 0.3 is 12.3 Å². The minimum absolute atomic E-state index is 0.346. The zero-order chi connectivity index (χ0) is 13.8. The average Bonchev–Trinajstić information content (AvgIpc) is 2.73. The summed E-state index contributed by atoms with van der Waals surface area (Å²) in [5, 5.41) is 9.25. The summed E-state index contributed by atoms with van der Waals surface area (Å²) in [4.78, 5) is 0. The van der Waals surface area contributed by atoms with Crippen LogP contribution in [0.2, 0.25) is 0 Å². The highest BCUT2D eigenvalue weighted by atomic mass is 32.1. The number of hydrogen-bond donors (Lipinski definition) is 1. The van der Waals surface area contributed by atoms with E-state index in [0.717, 1.165) is 6.54 Å². The molecule has 1 aromatic heterocycles. The van der Waals surface area contributed by atoms with E-state index < -0.39 is 17.4 Å². The summed E-state index contributed by atoms with van der Waals surface area (Å²) in [6.45, 7) is 4.70. The van der Waals surface area contributed by atoms with Gasteiger partial charge in [-0.3, -0.25) is 0 Å². The first kappa shape index (κ1) is 15.3. The first-order chi connectivity index (χ1) is 8.34. The first-order valence-electron chi connectivity index (χ1n) is 5.56. The highest BCUT2D eigenvalue weighted by molar-refractivity contribution is 7.11. The highest BCUT2D eigenvalue weighted by Gasteiger charge is 2.46. The molecule has 0 atom stereocenters. The van der Waals surface area contributed by atoms with Crippen LogP contribution in [0, 0.1) is 0 Å². The summed E-state index contributed by atoms with van der Waals surface area (Å²) in [6, 6.07) is 0.346. The minimum atomic E-state index is -4.20. The van der Waals surface area contributed by atoms with E-state index in [4.69, 9.17) is 0 Å². The largest absolute Gasteiger partial charge is 0.359 e. The third-order valence-corrected chi connectivity index (χ3v) is 3.21. The van der Waals surface area contributed by atoms with Crippen LogP contribution >= 0.6 is 11.3 Å². The lowest BCUT2D eigenvalue weighted by Gasteiger charge is -2.10. The molecule has 8 heteroatoms. The van der Waals surface area contributed by atoms with Crippen molar-refractivity contribution in [1.82, 2.24) is 15.5 Å². The third-order valence-electron chi connectivity index (χ3n) is 2.15. The summed E-state index contributed by atoms with van der Waals surface area (Å²) in [6.07, 6.45) is -2.59.